The molecule has 0 aliphatic rings. The fourth-order valence-electron chi connectivity index (χ4n) is 0.457. The topological polar surface area (TPSA) is 20.2 Å². The van der Waals surface area contributed by atoms with Gasteiger partial charge in [0, 0.05) is 16.8 Å². The molecule has 0 saturated carbocycles. The third-order valence-corrected chi connectivity index (χ3v) is 3.58. The Kier molecular flexibility index (Phi) is 6.80. The zero-order chi connectivity index (χ0) is 7.98. The van der Waals surface area contributed by atoms with Crippen LogP contribution >= 0.6 is 23.5 Å². The quantitative estimate of drug-likeness (QED) is 0.652. The number of rotatable bonds is 5. The van der Waals surface area contributed by atoms with Gasteiger partial charge in [0.25, 0.3) is 0 Å². The molecule has 62 valence electrons. The van der Waals surface area contributed by atoms with E-state index in [9.17, 15) is 0 Å². The van der Waals surface area contributed by atoms with Crippen LogP contribution in [0.1, 0.15) is 13.8 Å². The molecule has 10 heavy (non-hydrogen) atoms. The molecule has 1 nitrogen and oxygen atoms in total. The Balaban J connectivity index is 3.13. The molecule has 0 aromatic carbocycles. The van der Waals surface area contributed by atoms with Crippen molar-refractivity contribution in [2.24, 2.45) is 0 Å². The van der Waals surface area contributed by atoms with Gasteiger partial charge < -0.3 is 5.11 Å². The molecule has 0 fully saturated rings. The van der Waals surface area contributed by atoms with Crippen molar-refractivity contribution in [1.82, 2.24) is 0 Å². The van der Waals surface area contributed by atoms with Crippen LogP contribution in [0.25, 0.3) is 0 Å². The van der Waals surface area contributed by atoms with Gasteiger partial charge in [0.05, 0.1) is 6.10 Å². The number of hydrogen-bond acceptors (Lipinski definition) is 3. The summed E-state index contributed by atoms with van der Waals surface area (Å²) in [6.07, 6.45) is 1.93. The molecule has 0 aromatic rings. The number of aliphatic hydroxyl groups excluding tert-OH is 1. The van der Waals surface area contributed by atoms with E-state index in [0.717, 1.165) is 5.75 Å². The highest BCUT2D eigenvalue weighted by atomic mass is 32.2. The average Bonchev–Trinajstić information content (AvgIpc) is 1.88. The van der Waals surface area contributed by atoms with Crippen molar-refractivity contribution in [3.8, 4) is 0 Å². The van der Waals surface area contributed by atoms with E-state index in [4.69, 9.17) is 5.11 Å². The number of aliphatic hydroxyl groups is 1. The number of hydrogen-bond donors (Lipinski definition) is 1. The normalized spacial score (nSPS) is 16.8. The largest absolute Gasteiger partial charge is 0.392 e. The van der Waals surface area contributed by atoms with Crippen LogP contribution in [0, 0.1) is 0 Å². The number of thioether (sulfide) groups is 2. The summed E-state index contributed by atoms with van der Waals surface area (Å²) in [6.45, 7) is 3.91. The van der Waals surface area contributed by atoms with Gasteiger partial charge in [0.1, 0.15) is 0 Å². The molecule has 0 spiro atoms. The standard InChI is InChI=1S/C7H16OS2/c1-6(8)7(2)10-5-4-9-3/h6-8H,4-5H2,1-3H3. The first kappa shape index (κ1) is 10.7. The van der Waals surface area contributed by atoms with E-state index in [-0.39, 0.29) is 6.10 Å². The van der Waals surface area contributed by atoms with E-state index in [1.54, 1.807) is 0 Å². The van der Waals surface area contributed by atoms with E-state index >= 15 is 0 Å². The van der Waals surface area contributed by atoms with Crippen LogP contribution in [0.15, 0.2) is 0 Å². The third-order valence-electron chi connectivity index (χ3n) is 1.35. The SMILES string of the molecule is CSCCSC(C)C(C)O. The van der Waals surface area contributed by atoms with Crippen molar-refractivity contribution in [2.75, 3.05) is 17.8 Å². The Bertz CT molecular complexity index is 76.0. The highest BCUT2D eigenvalue weighted by molar-refractivity contribution is 8.02. The molecule has 0 radical (unpaired) electrons. The maximum atomic E-state index is 9.09. The maximum Gasteiger partial charge on any atom is 0.0627 e. The van der Waals surface area contributed by atoms with Crippen molar-refractivity contribution in [3.63, 3.8) is 0 Å². The van der Waals surface area contributed by atoms with E-state index in [1.165, 1.54) is 5.75 Å². The van der Waals surface area contributed by atoms with Crippen molar-refractivity contribution in [1.29, 1.82) is 0 Å². The van der Waals surface area contributed by atoms with Crippen LogP contribution < -0.4 is 0 Å². The molecule has 0 saturated heterocycles. The van der Waals surface area contributed by atoms with Gasteiger partial charge in [-0.15, -0.1) is 0 Å². The Morgan fingerprint density at radius 2 is 1.90 bits per heavy atom. The predicted octanol–water partition coefficient (Wildman–Crippen LogP) is 1.85. The summed E-state index contributed by atoms with van der Waals surface area (Å²) in [7, 11) is 0. The first-order valence-corrected chi connectivity index (χ1v) is 5.91. The van der Waals surface area contributed by atoms with E-state index in [0.29, 0.717) is 5.25 Å². The van der Waals surface area contributed by atoms with Crippen molar-refractivity contribution in [3.05, 3.63) is 0 Å². The minimum Gasteiger partial charge on any atom is -0.392 e. The molecule has 0 aromatic heterocycles. The van der Waals surface area contributed by atoms with Gasteiger partial charge in [-0.25, -0.2) is 0 Å². The smallest absolute Gasteiger partial charge is 0.0627 e. The van der Waals surface area contributed by atoms with Crippen LogP contribution in [0.4, 0.5) is 0 Å². The molecule has 0 aliphatic heterocycles. The minimum atomic E-state index is -0.174. The molecule has 0 rings (SSSR count). The van der Waals surface area contributed by atoms with Crippen molar-refractivity contribution >= 4 is 23.5 Å². The van der Waals surface area contributed by atoms with Crippen LogP contribution in [-0.2, 0) is 0 Å². The molecular formula is C7H16OS2. The summed E-state index contributed by atoms with van der Waals surface area (Å²) in [4.78, 5) is 0. The molecule has 3 heteroatoms. The monoisotopic (exact) mass is 180 g/mol. The molecule has 0 amide bonds. The second-order valence-corrected chi connectivity index (χ2v) is 4.78. The maximum absolute atomic E-state index is 9.09. The van der Waals surface area contributed by atoms with E-state index in [1.807, 2.05) is 30.4 Å². The van der Waals surface area contributed by atoms with Gasteiger partial charge in [-0.1, -0.05) is 6.92 Å². The highest BCUT2D eigenvalue weighted by Gasteiger charge is 2.07. The molecule has 2 unspecified atom stereocenters. The highest BCUT2D eigenvalue weighted by Crippen LogP contribution is 2.14. The van der Waals surface area contributed by atoms with Gasteiger partial charge in [-0.2, -0.15) is 23.5 Å². The summed E-state index contributed by atoms with van der Waals surface area (Å²) in [5.74, 6) is 2.33. The van der Waals surface area contributed by atoms with Crippen LogP contribution in [0.5, 0.6) is 0 Å². The van der Waals surface area contributed by atoms with E-state index < -0.39 is 0 Å². The minimum absolute atomic E-state index is 0.174. The van der Waals surface area contributed by atoms with Crippen LogP contribution in [0.3, 0.4) is 0 Å². The Hall–Kier alpha value is 0.660. The van der Waals surface area contributed by atoms with Gasteiger partial charge in [0.15, 0.2) is 0 Å². The van der Waals surface area contributed by atoms with Crippen molar-refractivity contribution < 1.29 is 5.11 Å². The summed E-state index contributed by atoms with van der Waals surface area (Å²) in [5, 5.41) is 9.47. The lowest BCUT2D eigenvalue weighted by atomic mass is 10.3. The molecule has 0 bridgehead atoms. The second kappa shape index (κ2) is 6.38. The first-order valence-electron chi connectivity index (χ1n) is 3.47. The van der Waals surface area contributed by atoms with E-state index in [2.05, 4.69) is 13.2 Å². The lowest BCUT2D eigenvalue weighted by molar-refractivity contribution is 0.196. The Labute approximate surface area is 72.0 Å². The Morgan fingerprint density at radius 1 is 1.30 bits per heavy atom. The summed E-state index contributed by atoms with van der Waals surface area (Å²) < 4.78 is 0. The predicted molar refractivity (Wildman–Crippen MR) is 52.0 cm³/mol. The molecule has 2 atom stereocenters. The lowest BCUT2D eigenvalue weighted by Crippen LogP contribution is -2.15. The molecular weight excluding hydrogens is 164 g/mol. The zero-order valence-electron chi connectivity index (χ0n) is 6.83. The second-order valence-electron chi connectivity index (χ2n) is 2.31. The first-order chi connectivity index (χ1) is 4.68. The summed E-state index contributed by atoms with van der Waals surface area (Å²) in [6, 6.07) is 0. The molecule has 0 aliphatic carbocycles. The fourth-order valence-corrected chi connectivity index (χ4v) is 2.16. The summed E-state index contributed by atoms with van der Waals surface area (Å²) >= 11 is 3.69. The Morgan fingerprint density at radius 3 is 2.30 bits per heavy atom. The van der Waals surface area contributed by atoms with Crippen molar-refractivity contribution in [2.45, 2.75) is 25.2 Å². The lowest BCUT2D eigenvalue weighted by Gasteiger charge is -2.12. The third kappa shape index (κ3) is 5.45. The summed E-state index contributed by atoms with van der Waals surface area (Å²) in [5.41, 5.74) is 0. The molecule has 0 heterocycles. The van der Waals surface area contributed by atoms with Gasteiger partial charge >= 0.3 is 0 Å². The fraction of sp³-hybridized carbons (Fsp3) is 1.00. The van der Waals surface area contributed by atoms with Gasteiger partial charge in [0.2, 0.25) is 0 Å². The molecule has 1 N–H and O–H groups in total. The van der Waals surface area contributed by atoms with Crippen LogP contribution in [0.2, 0.25) is 0 Å². The average molecular weight is 180 g/mol. The van der Waals surface area contributed by atoms with Gasteiger partial charge in [-0.3, -0.25) is 0 Å². The van der Waals surface area contributed by atoms with Crippen LogP contribution in [-0.4, -0.2) is 34.2 Å². The zero-order valence-corrected chi connectivity index (χ0v) is 8.47. The van der Waals surface area contributed by atoms with Gasteiger partial charge in [-0.05, 0) is 13.2 Å².